The molecule has 1 amide bonds. The summed E-state index contributed by atoms with van der Waals surface area (Å²) in [5.74, 6) is 0.961. The number of carbonyl (C=O) groups is 1. The molecule has 4 rings (SSSR count). The van der Waals surface area contributed by atoms with E-state index in [0.717, 1.165) is 29.7 Å². The fourth-order valence-corrected chi connectivity index (χ4v) is 4.86. The summed E-state index contributed by atoms with van der Waals surface area (Å²) in [4.78, 5) is 14.1. The van der Waals surface area contributed by atoms with E-state index >= 15 is 0 Å². The van der Waals surface area contributed by atoms with Crippen LogP contribution in [0.3, 0.4) is 0 Å². The molecule has 2 aromatic carbocycles. The van der Waals surface area contributed by atoms with Crippen LogP contribution in [0.15, 0.2) is 35.2 Å². The van der Waals surface area contributed by atoms with Crippen molar-refractivity contribution in [3.63, 3.8) is 0 Å². The van der Waals surface area contributed by atoms with Gasteiger partial charge < -0.3 is 14.4 Å². The second-order valence-corrected chi connectivity index (χ2v) is 8.27. The van der Waals surface area contributed by atoms with E-state index < -0.39 is 10.0 Å². The molecule has 2 aliphatic heterocycles. The maximum absolute atomic E-state index is 13.0. The summed E-state index contributed by atoms with van der Waals surface area (Å²) < 4.78 is 38.9. The van der Waals surface area contributed by atoms with Crippen LogP contribution in [-0.4, -0.2) is 35.1 Å². The number of amides is 1. The molecule has 0 spiro atoms. The van der Waals surface area contributed by atoms with Gasteiger partial charge in [-0.3, -0.25) is 9.52 Å². The van der Waals surface area contributed by atoms with Crippen molar-refractivity contribution >= 4 is 27.3 Å². The van der Waals surface area contributed by atoms with Gasteiger partial charge >= 0.3 is 0 Å². The number of hydrogen-bond acceptors (Lipinski definition) is 5. The van der Waals surface area contributed by atoms with E-state index in [1.807, 2.05) is 0 Å². The SMILES string of the molecule is COc1ccc(NS(=O)(=O)c2cc3c4c(c2)CC(=O)N4CCC3)c(OC)c1. The summed E-state index contributed by atoms with van der Waals surface area (Å²) in [6, 6.07) is 8.13. The van der Waals surface area contributed by atoms with Crippen molar-refractivity contribution in [1.29, 1.82) is 0 Å². The summed E-state index contributed by atoms with van der Waals surface area (Å²) in [5.41, 5.74) is 2.91. The number of benzene rings is 2. The second kappa shape index (κ2) is 6.45. The number of ether oxygens (including phenoxy) is 2. The monoisotopic (exact) mass is 388 g/mol. The highest BCUT2D eigenvalue weighted by atomic mass is 32.2. The molecule has 1 N–H and O–H groups in total. The predicted octanol–water partition coefficient (Wildman–Crippen LogP) is 2.34. The van der Waals surface area contributed by atoms with Crippen molar-refractivity contribution in [3.05, 3.63) is 41.5 Å². The zero-order chi connectivity index (χ0) is 19.2. The highest BCUT2D eigenvalue weighted by molar-refractivity contribution is 7.92. The molecule has 0 saturated heterocycles. The Hall–Kier alpha value is -2.74. The lowest BCUT2D eigenvalue weighted by Gasteiger charge is -2.26. The zero-order valence-electron chi connectivity index (χ0n) is 15.1. The molecule has 0 atom stereocenters. The van der Waals surface area contributed by atoms with Crippen LogP contribution in [-0.2, 0) is 27.7 Å². The van der Waals surface area contributed by atoms with E-state index in [0.29, 0.717) is 23.7 Å². The van der Waals surface area contributed by atoms with Crippen LogP contribution in [0.25, 0.3) is 0 Å². The molecule has 2 aliphatic rings. The topological polar surface area (TPSA) is 84.9 Å². The van der Waals surface area contributed by atoms with Gasteiger partial charge in [-0.1, -0.05) is 0 Å². The fourth-order valence-electron chi connectivity index (χ4n) is 3.69. The molecular weight excluding hydrogens is 368 g/mol. The lowest BCUT2D eigenvalue weighted by molar-refractivity contribution is -0.117. The number of rotatable bonds is 5. The number of aryl methyl sites for hydroxylation is 1. The Morgan fingerprint density at radius 1 is 1.07 bits per heavy atom. The van der Waals surface area contributed by atoms with Gasteiger partial charge in [0.1, 0.15) is 11.5 Å². The highest BCUT2D eigenvalue weighted by Gasteiger charge is 2.33. The van der Waals surface area contributed by atoms with Crippen LogP contribution >= 0.6 is 0 Å². The number of hydrogen-bond donors (Lipinski definition) is 1. The fraction of sp³-hybridized carbons (Fsp3) is 0.316. The largest absolute Gasteiger partial charge is 0.497 e. The van der Waals surface area contributed by atoms with Gasteiger partial charge in [0, 0.05) is 12.6 Å². The van der Waals surface area contributed by atoms with Gasteiger partial charge in [-0.25, -0.2) is 8.42 Å². The molecule has 142 valence electrons. The molecule has 2 heterocycles. The van der Waals surface area contributed by atoms with Crippen LogP contribution in [0.4, 0.5) is 11.4 Å². The number of methoxy groups -OCH3 is 2. The number of nitrogens with one attached hydrogen (secondary N) is 1. The first-order valence-electron chi connectivity index (χ1n) is 8.64. The average molecular weight is 388 g/mol. The van der Waals surface area contributed by atoms with Crippen LogP contribution in [0.1, 0.15) is 17.5 Å². The first-order valence-corrected chi connectivity index (χ1v) is 10.1. The lowest BCUT2D eigenvalue weighted by atomic mass is 10.0. The van der Waals surface area contributed by atoms with Gasteiger partial charge in [-0.05, 0) is 48.2 Å². The maximum atomic E-state index is 13.0. The Morgan fingerprint density at radius 2 is 1.85 bits per heavy atom. The van der Waals surface area contributed by atoms with E-state index in [1.165, 1.54) is 14.2 Å². The molecule has 0 radical (unpaired) electrons. The molecule has 0 aromatic heterocycles. The molecule has 2 aromatic rings. The van der Waals surface area contributed by atoms with Crippen LogP contribution in [0, 0.1) is 0 Å². The van der Waals surface area contributed by atoms with Crippen LogP contribution in [0.2, 0.25) is 0 Å². The normalized spacial score (nSPS) is 15.5. The Kier molecular flexibility index (Phi) is 4.22. The van der Waals surface area contributed by atoms with Crippen molar-refractivity contribution in [2.75, 3.05) is 30.4 Å². The molecule has 0 aliphatic carbocycles. The smallest absolute Gasteiger partial charge is 0.262 e. The van der Waals surface area contributed by atoms with E-state index in [-0.39, 0.29) is 17.2 Å². The van der Waals surface area contributed by atoms with Gasteiger partial charge in [0.05, 0.1) is 36.9 Å². The van der Waals surface area contributed by atoms with Gasteiger partial charge in [0.25, 0.3) is 10.0 Å². The molecule has 0 bridgehead atoms. The van der Waals surface area contributed by atoms with Gasteiger partial charge in [-0.15, -0.1) is 0 Å². The highest BCUT2D eigenvalue weighted by Crippen LogP contribution is 2.39. The number of carbonyl (C=O) groups excluding carboxylic acids is 1. The Morgan fingerprint density at radius 3 is 2.59 bits per heavy atom. The van der Waals surface area contributed by atoms with E-state index in [2.05, 4.69) is 4.72 Å². The average Bonchev–Trinajstić information content (AvgIpc) is 2.99. The number of sulfonamides is 1. The van der Waals surface area contributed by atoms with Crippen LogP contribution < -0.4 is 19.1 Å². The molecule has 27 heavy (non-hydrogen) atoms. The summed E-state index contributed by atoms with van der Waals surface area (Å²) in [6.45, 7) is 0.701. The first-order chi connectivity index (χ1) is 12.9. The third-order valence-corrected chi connectivity index (χ3v) is 6.29. The standard InChI is InChI=1S/C19H20N2O5S/c1-25-14-5-6-16(17(11-14)26-2)20-27(23,24)15-8-12-4-3-7-21-18(22)10-13(9-15)19(12)21/h5-6,8-9,11,20H,3-4,7,10H2,1-2H3. The zero-order valence-corrected chi connectivity index (χ0v) is 15.9. The number of nitrogens with zero attached hydrogens (tertiary/aromatic N) is 1. The Balaban J connectivity index is 1.72. The van der Waals surface area contributed by atoms with Crippen molar-refractivity contribution in [2.45, 2.75) is 24.2 Å². The summed E-state index contributed by atoms with van der Waals surface area (Å²) in [5, 5.41) is 0. The Bertz CT molecular complexity index is 1030. The summed E-state index contributed by atoms with van der Waals surface area (Å²) >= 11 is 0. The second-order valence-electron chi connectivity index (χ2n) is 6.59. The molecular formula is C19H20N2O5S. The third kappa shape index (κ3) is 2.99. The number of anilines is 2. The minimum absolute atomic E-state index is 0.0327. The first kappa shape index (κ1) is 17.7. The van der Waals surface area contributed by atoms with Crippen molar-refractivity contribution in [2.24, 2.45) is 0 Å². The lowest BCUT2D eigenvalue weighted by Crippen LogP contribution is -2.31. The van der Waals surface area contributed by atoms with Crippen molar-refractivity contribution < 1.29 is 22.7 Å². The maximum Gasteiger partial charge on any atom is 0.262 e. The van der Waals surface area contributed by atoms with Crippen molar-refractivity contribution in [3.8, 4) is 11.5 Å². The molecule has 0 unspecified atom stereocenters. The molecule has 7 nitrogen and oxygen atoms in total. The van der Waals surface area contributed by atoms with E-state index in [9.17, 15) is 13.2 Å². The van der Waals surface area contributed by atoms with Crippen LogP contribution in [0.5, 0.6) is 11.5 Å². The molecule has 0 fully saturated rings. The molecule has 8 heteroatoms. The summed E-state index contributed by atoms with van der Waals surface area (Å²) in [7, 11) is -0.840. The predicted molar refractivity (Wildman–Crippen MR) is 101 cm³/mol. The summed E-state index contributed by atoms with van der Waals surface area (Å²) in [6.07, 6.45) is 1.85. The van der Waals surface area contributed by atoms with E-state index in [1.54, 1.807) is 35.2 Å². The molecule has 0 saturated carbocycles. The quantitative estimate of drug-likeness (QED) is 0.850. The van der Waals surface area contributed by atoms with Gasteiger partial charge in [0.15, 0.2) is 0 Å². The van der Waals surface area contributed by atoms with Crippen molar-refractivity contribution in [1.82, 2.24) is 0 Å². The third-order valence-electron chi connectivity index (χ3n) is 4.95. The minimum atomic E-state index is -3.83. The van der Waals surface area contributed by atoms with E-state index in [4.69, 9.17) is 9.47 Å². The Labute approximate surface area is 157 Å². The van der Waals surface area contributed by atoms with Gasteiger partial charge in [-0.2, -0.15) is 0 Å². The van der Waals surface area contributed by atoms with Gasteiger partial charge in [0.2, 0.25) is 5.91 Å². The minimum Gasteiger partial charge on any atom is -0.497 e.